The van der Waals surface area contributed by atoms with Crippen LogP contribution in [0.3, 0.4) is 0 Å². The van der Waals surface area contributed by atoms with Gasteiger partial charge in [0.2, 0.25) is 0 Å². The predicted molar refractivity (Wildman–Crippen MR) is 46.8 cm³/mol. The lowest BCUT2D eigenvalue weighted by Gasteiger charge is -2.06. The SMILES string of the molecule is NC(Cc1ccccc1)OP=O. The number of nitrogens with two attached hydrogens (primary N) is 1. The minimum atomic E-state index is -0.494. The summed E-state index contributed by atoms with van der Waals surface area (Å²) in [6.07, 6.45) is 0.0855. The minimum Gasteiger partial charge on any atom is -0.305 e. The van der Waals surface area contributed by atoms with Crippen molar-refractivity contribution in [2.75, 3.05) is 0 Å². The quantitative estimate of drug-likeness (QED) is 0.571. The molecule has 0 heterocycles. The maximum Gasteiger partial charge on any atom is 0.328 e. The molecular formula is C8H10NO2P. The zero-order valence-corrected chi connectivity index (χ0v) is 7.41. The Hall–Kier alpha value is -0.760. The lowest BCUT2D eigenvalue weighted by Crippen LogP contribution is -2.22. The Morgan fingerprint density at radius 2 is 2.08 bits per heavy atom. The van der Waals surface area contributed by atoms with Gasteiger partial charge in [-0.2, -0.15) is 0 Å². The van der Waals surface area contributed by atoms with Crippen molar-refractivity contribution in [2.45, 2.75) is 12.6 Å². The minimum absolute atomic E-state index is 0.366. The molecule has 1 unspecified atom stereocenters. The fourth-order valence-electron chi connectivity index (χ4n) is 0.939. The van der Waals surface area contributed by atoms with Crippen LogP contribution < -0.4 is 5.73 Å². The second-order valence-corrected chi connectivity index (χ2v) is 2.77. The van der Waals surface area contributed by atoms with Crippen LogP contribution in [0.1, 0.15) is 5.56 Å². The van der Waals surface area contributed by atoms with Gasteiger partial charge in [0.25, 0.3) is 0 Å². The van der Waals surface area contributed by atoms with Crippen LogP contribution in [-0.4, -0.2) is 6.23 Å². The third kappa shape index (κ3) is 3.09. The molecule has 0 spiro atoms. The molecule has 0 fully saturated rings. The summed E-state index contributed by atoms with van der Waals surface area (Å²) in [4.78, 5) is 0. The molecule has 0 aliphatic heterocycles. The van der Waals surface area contributed by atoms with Crippen molar-refractivity contribution in [3.8, 4) is 0 Å². The number of hydrogen-bond donors (Lipinski definition) is 1. The second kappa shape index (κ2) is 4.99. The topological polar surface area (TPSA) is 52.3 Å². The molecule has 2 N–H and O–H groups in total. The summed E-state index contributed by atoms with van der Waals surface area (Å²) in [6.45, 7) is 0. The van der Waals surface area contributed by atoms with Crippen molar-refractivity contribution >= 4 is 8.69 Å². The fourth-order valence-corrected chi connectivity index (χ4v) is 1.12. The average Bonchev–Trinajstić information content (AvgIpc) is 2.06. The molecule has 0 saturated heterocycles. The fraction of sp³-hybridized carbons (Fsp3) is 0.250. The van der Waals surface area contributed by atoms with Crippen LogP contribution in [-0.2, 0) is 15.5 Å². The highest BCUT2D eigenvalue weighted by molar-refractivity contribution is 7.17. The van der Waals surface area contributed by atoms with Crippen LogP contribution in [0.25, 0.3) is 0 Å². The molecular weight excluding hydrogens is 173 g/mol. The molecule has 1 aromatic rings. The van der Waals surface area contributed by atoms with Gasteiger partial charge < -0.3 is 5.73 Å². The van der Waals surface area contributed by atoms with E-state index >= 15 is 0 Å². The highest BCUT2D eigenvalue weighted by Crippen LogP contribution is 2.06. The molecule has 1 rings (SSSR count). The lowest BCUT2D eigenvalue weighted by molar-refractivity contribution is 0.232. The van der Waals surface area contributed by atoms with Gasteiger partial charge in [-0.25, -0.2) is 4.57 Å². The molecule has 3 nitrogen and oxygen atoms in total. The summed E-state index contributed by atoms with van der Waals surface area (Å²) in [5.74, 6) is 0. The van der Waals surface area contributed by atoms with Gasteiger partial charge in [0.05, 0.1) is 0 Å². The van der Waals surface area contributed by atoms with Crippen molar-refractivity contribution in [3.63, 3.8) is 0 Å². The Morgan fingerprint density at radius 1 is 1.42 bits per heavy atom. The van der Waals surface area contributed by atoms with Crippen molar-refractivity contribution in [2.24, 2.45) is 5.73 Å². The van der Waals surface area contributed by atoms with E-state index in [1.165, 1.54) is 0 Å². The first-order valence-electron chi connectivity index (χ1n) is 3.61. The van der Waals surface area contributed by atoms with E-state index in [9.17, 15) is 4.57 Å². The average molecular weight is 183 g/mol. The molecule has 1 aromatic carbocycles. The number of hydrogen-bond acceptors (Lipinski definition) is 3. The van der Waals surface area contributed by atoms with Crippen molar-refractivity contribution in [1.82, 2.24) is 0 Å². The summed E-state index contributed by atoms with van der Waals surface area (Å²) >= 11 is 0. The Bertz CT molecular complexity index is 240. The smallest absolute Gasteiger partial charge is 0.305 e. The van der Waals surface area contributed by atoms with E-state index in [-0.39, 0.29) is 8.69 Å². The van der Waals surface area contributed by atoms with Crippen LogP contribution in [0.15, 0.2) is 30.3 Å². The highest BCUT2D eigenvalue weighted by Gasteiger charge is 2.02. The summed E-state index contributed by atoms with van der Waals surface area (Å²) in [5.41, 5.74) is 6.56. The summed E-state index contributed by atoms with van der Waals surface area (Å²) in [7, 11) is -0.366. The largest absolute Gasteiger partial charge is 0.328 e. The zero-order chi connectivity index (χ0) is 8.81. The van der Waals surface area contributed by atoms with E-state index in [1.807, 2.05) is 30.3 Å². The molecule has 0 amide bonds. The third-order valence-corrected chi connectivity index (χ3v) is 1.81. The van der Waals surface area contributed by atoms with Crippen molar-refractivity contribution in [1.29, 1.82) is 0 Å². The first-order valence-corrected chi connectivity index (χ1v) is 4.34. The molecule has 0 aliphatic carbocycles. The van der Waals surface area contributed by atoms with Crippen molar-refractivity contribution < 1.29 is 9.09 Å². The standard InChI is InChI=1S/C8H10NO2P/c9-8(11-12-10)6-7-4-2-1-3-5-7/h1-5,8H,6,9H2. The van der Waals surface area contributed by atoms with E-state index < -0.39 is 6.23 Å². The van der Waals surface area contributed by atoms with E-state index in [2.05, 4.69) is 4.52 Å². The molecule has 0 aliphatic rings. The predicted octanol–water partition coefficient (Wildman–Crippen LogP) is 1.74. The second-order valence-electron chi connectivity index (χ2n) is 2.41. The van der Waals surface area contributed by atoms with Crippen LogP contribution in [0.5, 0.6) is 0 Å². The molecule has 0 aromatic heterocycles. The van der Waals surface area contributed by atoms with Gasteiger partial charge in [-0.1, -0.05) is 30.3 Å². The summed E-state index contributed by atoms with van der Waals surface area (Å²) in [6, 6.07) is 9.69. The lowest BCUT2D eigenvalue weighted by atomic mass is 10.1. The van der Waals surface area contributed by atoms with E-state index in [0.717, 1.165) is 5.56 Å². The Morgan fingerprint density at radius 3 is 2.67 bits per heavy atom. The normalized spacial score (nSPS) is 13.1. The van der Waals surface area contributed by atoms with Gasteiger partial charge in [-0.15, -0.1) is 0 Å². The van der Waals surface area contributed by atoms with Gasteiger partial charge in [0.15, 0.2) is 0 Å². The number of benzene rings is 1. The monoisotopic (exact) mass is 183 g/mol. The Labute approximate surface area is 72.8 Å². The van der Waals surface area contributed by atoms with Crippen LogP contribution in [0.2, 0.25) is 0 Å². The molecule has 64 valence electrons. The third-order valence-electron chi connectivity index (χ3n) is 1.46. The van der Waals surface area contributed by atoms with Gasteiger partial charge in [0.1, 0.15) is 6.23 Å². The van der Waals surface area contributed by atoms with Gasteiger partial charge in [0, 0.05) is 6.42 Å². The van der Waals surface area contributed by atoms with Gasteiger partial charge in [-0.05, 0) is 5.56 Å². The maximum atomic E-state index is 10.0. The Kier molecular flexibility index (Phi) is 3.88. The molecule has 0 radical (unpaired) electrons. The molecule has 12 heavy (non-hydrogen) atoms. The summed E-state index contributed by atoms with van der Waals surface area (Å²) < 4.78 is 14.6. The molecule has 0 bridgehead atoms. The van der Waals surface area contributed by atoms with E-state index in [4.69, 9.17) is 5.73 Å². The van der Waals surface area contributed by atoms with Crippen LogP contribution in [0.4, 0.5) is 0 Å². The van der Waals surface area contributed by atoms with Crippen molar-refractivity contribution in [3.05, 3.63) is 35.9 Å². The highest BCUT2D eigenvalue weighted by atomic mass is 31.1. The molecule has 4 heteroatoms. The van der Waals surface area contributed by atoms with Gasteiger partial charge in [-0.3, -0.25) is 4.52 Å². The number of rotatable bonds is 4. The van der Waals surface area contributed by atoms with Crippen LogP contribution >= 0.6 is 8.69 Å². The molecule has 1 atom stereocenters. The van der Waals surface area contributed by atoms with E-state index in [0.29, 0.717) is 6.42 Å². The van der Waals surface area contributed by atoms with Crippen LogP contribution in [0, 0.1) is 0 Å². The summed E-state index contributed by atoms with van der Waals surface area (Å²) in [5, 5.41) is 0. The maximum absolute atomic E-state index is 10.0. The molecule has 0 saturated carbocycles. The Balaban J connectivity index is 2.46. The zero-order valence-electron chi connectivity index (χ0n) is 6.51. The van der Waals surface area contributed by atoms with Gasteiger partial charge >= 0.3 is 8.69 Å². The van der Waals surface area contributed by atoms with E-state index in [1.54, 1.807) is 0 Å². The first kappa shape index (κ1) is 9.33. The first-order chi connectivity index (χ1) is 5.83.